The molecule has 0 saturated heterocycles. The smallest absolute Gasteiger partial charge is 0.333 e. The molecule has 0 N–H and O–H groups in total. The molecule has 66 valence electrons. The van der Waals surface area contributed by atoms with Crippen LogP contribution in [0.25, 0.3) is 0 Å². The molecule has 0 aliphatic rings. The van der Waals surface area contributed by atoms with Crippen LogP contribution in [0.15, 0.2) is 37.5 Å². The summed E-state index contributed by atoms with van der Waals surface area (Å²) in [6.07, 6.45) is 3.55. The predicted octanol–water partition coefficient (Wildman–Crippen LogP) is 2.24. The fourth-order valence-corrected chi connectivity index (χ4v) is 0.595. The lowest BCUT2D eigenvalue weighted by atomic mass is 10.2. The first-order valence-electron chi connectivity index (χ1n) is 3.71. The third-order valence-electron chi connectivity index (χ3n) is 1.27. The van der Waals surface area contributed by atoms with Gasteiger partial charge in [0.15, 0.2) is 0 Å². The first-order valence-corrected chi connectivity index (χ1v) is 3.71. The van der Waals surface area contributed by atoms with Crippen molar-refractivity contribution in [1.29, 1.82) is 0 Å². The molecule has 0 rings (SSSR count). The Morgan fingerprint density at radius 2 is 2.17 bits per heavy atom. The highest BCUT2D eigenvalue weighted by atomic mass is 16.5. The van der Waals surface area contributed by atoms with E-state index >= 15 is 0 Å². The summed E-state index contributed by atoms with van der Waals surface area (Å²) >= 11 is 0. The van der Waals surface area contributed by atoms with Gasteiger partial charge in [0.2, 0.25) is 0 Å². The van der Waals surface area contributed by atoms with Gasteiger partial charge in [-0.05, 0) is 6.92 Å². The van der Waals surface area contributed by atoms with Crippen molar-refractivity contribution >= 4 is 5.97 Å². The Labute approximate surface area is 73.2 Å². The Balaban J connectivity index is 4.01. The maximum atomic E-state index is 11.0. The van der Waals surface area contributed by atoms with Crippen LogP contribution in [0.3, 0.4) is 0 Å². The first kappa shape index (κ1) is 10.7. The number of carbonyl (C=O) groups is 1. The second-order valence-electron chi connectivity index (χ2n) is 2.48. The number of ether oxygens (including phenoxy) is 1. The summed E-state index contributed by atoms with van der Waals surface area (Å²) in [5.74, 6) is -0.387. The summed E-state index contributed by atoms with van der Waals surface area (Å²) in [5, 5.41) is 0. The van der Waals surface area contributed by atoms with E-state index in [4.69, 9.17) is 4.74 Å². The third kappa shape index (κ3) is 3.76. The van der Waals surface area contributed by atoms with E-state index in [0.29, 0.717) is 12.0 Å². The SMILES string of the molecule is C=CCC(C=C)OC(=O)C(=C)C. The average molecular weight is 166 g/mol. The zero-order valence-electron chi connectivity index (χ0n) is 7.38. The van der Waals surface area contributed by atoms with E-state index in [1.807, 2.05) is 0 Å². The molecule has 0 bridgehead atoms. The number of hydrogen-bond acceptors (Lipinski definition) is 2. The normalized spacial score (nSPS) is 11.4. The van der Waals surface area contributed by atoms with Gasteiger partial charge in [0, 0.05) is 12.0 Å². The molecule has 1 atom stereocenters. The highest BCUT2D eigenvalue weighted by Gasteiger charge is 2.09. The summed E-state index contributed by atoms with van der Waals surface area (Å²) in [6, 6.07) is 0. The molecule has 0 aromatic heterocycles. The molecule has 1 unspecified atom stereocenters. The van der Waals surface area contributed by atoms with Crippen molar-refractivity contribution in [2.75, 3.05) is 0 Å². The van der Waals surface area contributed by atoms with Crippen LogP contribution in [-0.4, -0.2) is 12.1 Å². The zero-order chi connectivity index (χ0) is 9.56. The lowest BCUT2D eigenvalue weighted by molar-refractivity contribution is -0.141. The highest BCUT2D eigenvalue weighted by Crippen LogP contribution is 2.03. The van der Waals surface area contributed by atoms with Crippen molar-refractivity contribution in [3.63, 3.8) is 0 Å². The zero-order valence-corrected chi connectivity index (χ0v) is 7.38. The molecular formula is C10H14O2. The molecule has 12 heavy (non-hydrogen) atoms. The molecule has 2 heteroatoms. The van der Waals surface area contributed by atoms with Crippen LogP contribution < -0.4 is 0 Å². The third-order valence-corrected chi connectivity index (χ3v) is 1.27. The van der Waals surface area contributed by atoms with Crippen LogP contribution in [0.2, 0.25) is 0 Å². The number of carbonyl (C=O) groups excluding carboxylic acids is 1. The van der Waals surface area contributed by atoms with Gasteiger partial charge in [-0.2, -0.15) is 0 Å². The van der Waals surface area contributed by atoms with Crippen LogP contribution in [0.1, 0.15) is 13.3 Å². The van der Waals surface area contributed by atoms with Crippen molar-refractivity contribution in [3.8, 4) is 0 Å². The lowest BCUT2D eigenvalue weighted by Gasteiger charge is -2.11. The fraction of sp³-hybridized carbons (Fsp3) is 0.300. The van der Waals surface area contributed by atoms with Gasteiger partial charge in [-0.1, -0.05) is 25.3 Å². The van der Waals surface area contributed by atoms with E-state index in [2.05, 4.69) is 19.7 Å². The Hall–Kier alpha value is -1.31. The van der Waals surface area contributed by atoms with Crippen LogP contribution in [-0.2, 0) is 9.53 Å². The number of esters is 1. The van der Waals surface area contributed by atoms with E-state index in [0.717, 1.165) is 0 Å². The standard InChI is InChI=1S/C10H14O2/c1-5-7-9(6-2)12-10(11)8(3)4/h5-6,9H,1-3,7H2,4H3. The topological polar surface area (TPSA) is 26.3 Å². The second-order valence-corrected chi connectivity index (χ2v) is 2.48. The Morgan fingerprint density at radius 1 is 1.58 bits per heavy atom. The molecule has 0 aromatic carbocycles. The number of hydrogen-bond donors (Lipinski definition) is 0. The minimum Gasteiger partial charge on any atom is -0.454 e. The molecule has 0 aliphatic carbocycles. The van der Waals surface area contributed by atoms with E-state index in [9.17, 15) is 4.79 Å². The van der Waals surface area contributed by atoms with Crippen LogP contribution in [0, 0.1) is 0 Å². The summed E-state index contributed by atoms with van der Waals surface area (Å²) in [4.78, 5) is 11.0. The molecule has 0 radical (unpaired) electrons. The van der Waals surface area contributed by atoms with Gasteiger partial charge in [0.1, 0.15) is 6.10 Å². The second kappa shape index (κ2) is 5.35. The van der Waals surface area contributed by atoms with Crippen molar-refractivity contribution in [2.45, 2.75) is 19.4 Å². The molecule has 0 aliphatic heterocycles. The van der Waals surface area contributed by atoms with Crippen LogP contribution in [0.4, 0.5) is 0 Å². The largest absolute Gasteiger partial charge is 0.454 e. The molecule has 0 spiro atoms. The average Bonchev–Trinajstić information content (AvgIpc) is 2.03. The van der Waals surface area contributed by atoms with Crippen molar-refractivity contribution < 1.29 is 9.53 Å². The van der Waals surface area contributed by atoms with Crippen molar-refractivity contribution in [2.24, 2.45) is 0 Å². The molecule has 0 fully saturated rings. The molecular weight excluding hydrogens is 152 g/mol. The first-order chi connectivity index (χ1) is 5.61. The van der Waals surface area contributed by atoms with Crippen LogP contribution in [0.5, 0.6) is 0 Å². The minimum absolute atomic E-state index is 0.285. The fourth-order valence-electron chi connectivity index (χ4n) is 0.595. The predicted molar refractivity (Wildman–Crippen MR) is 49.7 cm³/mol. The van der Waals surface area contributed by atoms with Gasteiger partial charge in [0.25, 0.3) is 0 Å². The molecule has 0 saturated carbocycles. The molecule has 0 aromatic rings. The highest BCUT2D eigenvalue weighted by molar-refractivity contribution is 5.87. The maximum absolute atomic E-state index is 11.0. The quantitative estimate of drug-likeness (QED) is 0.355. The van der Waals surface area contributed by atoms with Gasteiger partial charge in [-0.25, -0.2) is 4.79 Å². The molecule has 0 amide bonds. The van der Waals surface area contributed by atoms with Gasteiger partial charge in [0.05, 0.1) is 0 Å². The van der Waals surface area contributed by atoms with Gasteiger partial charge < -0.3 is 4.74 Å². The van der Waals surface area contributed by atoms with Crippen molar-refractivity contribution in [3.05, 3.63) is 37.5 Å². The van der Waals surface area contributed by atoms with E-state index in [-0.39, 0.29) is 12.1 Å². The monoisotopic (exact) mass is 166 g/mol. The summed E-state index contributed by atoms with van der Waals surface area (Å²) in [5.41, 5.74) is 0.394. The van der Waals surface area contributed by atoms with Crippen LogP contribution >= 0.6 is 0 Å². The van der Waals surface area contributed by atoms with Gasteiger partial charge >= 0.3 is 5.97 Å². The van der Waals surface area contributed by atoms with E-state index in [1.54, 1.807) is 19.1 Å². The Morgan fingerprint density at radius 3 is 2.50 bits per heavy atom. The lowest BCUT2D eigenvalue weighted by Crippen LogP contribution is -2.15. The summed E-state index contributed by atoms with van der Waals surface area (Å²) in [7, 11) is 0. The molecule has 2 nitrogen and oxygen atoms in total. The Kier molecular flexibility index (Phi) is 4.77. The molecule has 0 heterocycles. The summed E-state index contributed by atoms with van der Waals surface area (Å²) in [6.45, 7) is 12.2. The number of rotatable bonds is 5. The Bertz CT molecular complexity index is 204. The maximum Gasteiger partial charge on any atom is 0.333 e. The van der Waals surface area contributed by atoms with E-state index in [1.165, 1.54) is 0 Å². The minimum atomic E-state index is -0.387. The van der Waals surface area contributed by atoms with Gasteiger partial charge in [-0.15, -0.1) is 6.58 Å². The van der Waals surface area contributed by atoms with E-state index < -0.39 is 0 Å². The van der Waals surface area contributed by atoms with Crippen molar-refractivity contribution in [1.82, 2.24) is 0 Å². The van der Waals surface area contributed by atoms with Gasteiger partial charge in [-0.3, -0.25) is 0 Å². The summed E-state index contributed by atoms with van der Waals surface area (Å²) < 4.78 is 4.97.